The van der Waals surface area contributed by atoms with Gasteiger partial charge in [0.25, 0.3) is 0 Å². The molecule has 1 aliphatic rings. The zero-order chi connectivity index (χ0) is 9.80. The van der Waals surface area contributed by atoms with Gasteiger partial charge in [0, 0.05) is 18.8 Å². The van der Waals surface area contributed by atoms with Crippen molar-refractivity contribution in [1.29, 1.82) is 0 Å². The number of pyridine rings is 1. The van der Waals surface area contributed by atoms with Crippen LogP contribution in [0.25, 0.3) is 0 Å². The Morgan fingerprint density at radius 1 is 1.50 bits per heavy atom. The first-order chi connectivity index (χ1) is 6.84. The van der Waals surface area contributed by atoms with Gasteiger partial charge in [-0.1, -0.05) is 6.07 Å². The fourth-order valence-electron chi connectivity index (χ4n) is 1.62. The van der Waals surface area contributed by atoms with Crippen molar-refractivity contribution in [2.45, 2.75) is 25.9 Å². The van der Waals surface area contributed by atoms with Crippen LogP contribution in [0.5, 0.6) is 5.88 Å². The summed E-state index contributed by atoms with van der Waals surface area (Å²) < 4.78 is 5.74. The molecule has 76 valence electrons. The predicted molar refractivity (Wildman–Crippen MR) is 55.5 cm³/mol. The average molecular weight is 192 g/mol. The second-order valence-electron chi connectivity index (χ2n) is 3.76. The standard InChI is InChI=1S/C11H16N2O/c1-9-4-5-11(13-7-9)14-10-3-2-6-12-8-10/h4-5,7,10,12H,2-3,6,8H2,1H3/t10-/m0/s1. The highest BCUT2D eigenvalue weighted by Crippen LogP contribution is 2.12. The first-order valence-corrected chi connectivity index (χ1v) is 5.14. The van der Waals surface area contributed by atoms with Gasteiger partial charge < -0.3 is 10.1 Å². The average Bonchev–Trinajstić information content (AvgIpc) is 2.23. The van der Waals surface area contributed by atoms with Crippen molar-refractivity contribution >= 4 is 0 Å². The molecule has 0 saturated carbocycles. The largest absolute Gasteiger partial charge is 0.473 e. The summed E-state index contributed by atoms with van der Waals surface area (Å²) in [5.41, 5.74) is 1.17. The predicted octanol–water partition coefficient (Wildman–Crippen LogP) is 1.52. The lowest BCUT2D eigenvalue weighted by atomic mass is 10.1. The van der Waals surface area contributed by atoms with Crippen LogP contribution in [-0.4, -0.2) is 24.2 Å². The molecule has 1 aromatic rings. The fraction of sp³-hybridized carbons (Fsp3) is 0.545. The highest BCUT2D eigenvalue weighted by atomic mass is 16.5. The van der Waals surface area contributed by atoms with E-state index in [1.54, 1.807) is 0 Å². The van der Waals surface area contributed by atoms with Crippen LogP contribution in [-0.2, 0) is 0 Å². The Balaban J connectivity index is 1.92. The number of hydrogen-bond donors (Lipinski definition) is 1. The summed E-state index contributed by atoms with van der Waals surface area (Å²) in [6.07, 6.45) is 4.45. The van der Waals surface area contributed by atoms with Crippen LogP contribution in [0.2, 0.25) is 0 Å². The molecule has 1 aromatic heterocycles. The number of piperidine rings is 1. The normalized spacial score (nSPS) is 21.9. The van der Waals surface area contributed by atoms with E-state index in [9.17, 15) is 0 Å². The number of nitrogens with one attached hydrogen (secondary N) is 1. The minimum Gasteiger partial charge on any atom is -0.473 e. The molecule has 1 N–H and O–H groups in total. The summed E-state index contributed by atoms with van der Waals surface area (Å²) in [6.45, 7) is 4.08. The Labute approximate surface area is 84.5 Å². The van der Waals surface area contributed by atoms with Crippen molar-refractivity contribution in [3.05, 3.63) is 23.9 Å². The van der Waals surface area contributed by atoms with E-state index in [2.05, 4.69) is 10.3 Å². The van der Waals surface area contributed by atoms with E-state index < -0.39 is 0 Å². The highest BCUT2D eigenvalue weighted by molar-refractivity contribution is 5.16. The van der Waals surface area contributed by atoms with Crippen LogP contribution >= 0.6 is 0 Å². The maximum absolute atomic E-state index is 5.74. The molecule has 0 bridgehead atoms. The molecule has 2 rings (SSSR count). The fourth-order valence-corrected chi connectivity index (χ4v) is 1.62. The molecule has 0 aromatic carbocycles. The Kier molecular flexibility index (Phi) is 2.99. The number of rotatable bonds is 2. The molecule has 0 amide bonds. The summed E-state index contributed by atoms with van der Waals surface area (Å²) in [5, 5.41) is 3.31. The number of hydrogen-bond acceptors (Lipinski definition) is 3. The number of aromatic nitrogens is 1. The van der Waals surface area contributed by atoms with Crippen molar-refractivity contribution in [3.8, 4) is 5.88 Å². The summed E-state index contributed by atoms with van der Waals surface area (Å²) in [5.74, 6) is 0.740. The second kappa shape index (κ2) is 4.42. The van der Waals surface area contributed by atoms with E-state index in [1.807, 2.05) is 25.3 Å². The molecule has 14 heavy (non-hydrogen) atoms. The van der Waals surface area contributed by atoms with Crippen molar-refractivity contribution in [1.82, 2.24) is 10.3 Å². The molecule has 3 heteroatoms. The topological polar surface area (TPSA) is 34.1 Å². The molecule has 0 aliphatic carbocycles. The Morgan fingerprint density at radius 3 is 3.07 bits per heavy atom. The molecule has 1 fully saturated rings. The van der Waals surface area contributed by atoms with Crippen LogP contribution in [0.15, 0.2) is 18.3 Å². The molecule has 3 nitrogen and oxygen atoms in total. The lowest BCUT2D eigenvalue weighted by Crippen LogP contribution is -2.37. The van der Waals surface area contributed by atoms with Gasteiger partial charge in [0.15, 0.2) is 0 Å². The number of ether oxygens (including phenoxy) is 1. The van der Waals surface area contributed by atoms with Gasteiger partial charge in [-0.2, -0.15) is 0 Å². The van der Waals surface area contributed by atoms with E-state index in [0.29, 0.717) is 6.10 Å². The lowest BCUT2D eigenvalue weighted by Gasteiger charge is -2.23. The summed E-state index contributed by atoms with van der Waals surface area (Å²) in [7, 11) is 0. The van der Waals surface area contributed by atoms with E-state index in [4.69, 9.17) is 4.74 Å². The summed E-state index contributed by atoms with van der Waals surface area (Å²) in [6, 6.07) is 3.96. The second-order valence-corrected chi connectivity index (χ2v) is 3.76. The van der Waals surface area contributed by atoms with Gasteiger partial charge in [0.2, 0.25) is 5.88 Å². The van der Waals surface area contributed by atoms with Crippen LogP contribution in [0.3, 0.4) is 0 Å². The molecule has 1 saturated heterocycles. The zero-order valence-electron chi connectivity index (χ0n) is 8.49. The Hall–Kier alpha value is -1.09. The summed E-state index contributed by atoms with van der Waals surface area (Å²) >= 11 is 0. The molecule has 1 atom stereocenters. The van der Waals surface area contributed by atoms with Gasteiger partial charge in [0.1, 0.15) is 6.10 Å². The summed E-state index contributed by atoms with van der Waals surface area (Å²) in [4.78, 5) is 4.22. The monoisotopic (exact) mass is 192 g/mol. The molecule has 0 radical (unpaired) electrons. The third kappa shape index (κ3) is 2.45. The van der Waals surface area contributed by atoms with Gasteiger partial charge in [-0.05, 0) is 31.9 Å². The lowest BCUT2D eigenvalue weighted by molar-refractivity contribution is 0.160. The highest BCUT2D eigenvalue weighted by Gasteiger charge is 2.14. The van der Waals surface area contributed by atoms with Crippen molar-refractivity contribution in [2.75, 3.05) is 13.1 Å². The maximum Gasteiger partial charge on any atom is 0.213 e. The van der Waals surface area contributed by atoms with Gasteiger partial charge in [-0.3, -0.25) is 0 Å². The smallest absolute Gasteiger partial charge is 0.213 e. The van der Waals surface area contributed by atoms with Crippen molar-refractivity contribution in [2.24, 2.45) is 0 Å². The first-order valence-electron chi connectivity index (χ1n) is 5.14. The SMILES string of the molecule is Cc1ccc(O[C@H]2CCCNC2)nc1. The minimum atomic E-state index is 0.291. The van der Waals surface area contributed by atoms with Crippen molar-refractivity contribution < 1.29 is 4.74 Å². The van der Waals surface area contributed by atoms with Crippen LogP contribution in [0.1, 0.15) is 18.4 Å². The quantitative estimate of drug-likeness (QED) is 0.771. The maximum atomic E-state index is 5.74. The molecular formula is C11H16N2O. The van der Waals surface area contributed by atoms with Crippen LogP contribution in [0.4, 0.5) is 0 Å². The zero-order valence-corrected chi connectivity index (χ0v) is 8.49. The molecule has 2 heterocycles. The minimum absolute atomic E-state index is 0.291. The van der Waals surface area contributed by atoms with Crippen LogP contribution < -0.4 is 10.1 Å². The van der Waals surface area contributed by atoms with Gasteiger partial charge >= 0.3 is 0 Å². The van der Waals surface area contributed by atoms with Crippen LogP contribution in [0, 0.1) is 6.92 Å². The van der Waals surface area contributed by atoms with E-state index in [-0.39, 0.29) is 0 Å². The number of aryl methyl sites for hydroxylation is 1. The van der Waals surface area contributed by atoms with E-state index in [1.165, 1.54) is 12.0 Å². The van der Waals surface area contributed by atoms with Gasteiger partial charge in [-0.25, -0.2) is 4.98 Å². The number of nitrogens with zero attached hydrogens (tertiary/aromatic N) is 1. The molecule has 1 aliphatic heterocycles. The van der Waals surface area contributed by atoms with E-state index >= 15 is 0 Å². The van der Waals surface area contributed by atoms with E-state index in [0.717, 1.165) is 25.4 Å². The first kappa shape index (κ1) is 9.46. The van der Waals surface area contributed by atoms with Gasteiger partial charge in [-0.15, -0.1) is 0 Å². The third-order valence-corrected chi connectivity index (χ3v) is 2.42. The third-order valence-electron chi connectivity index (χ3n) is 2.42. The van der Waals surface area contributed by atoms with Crippen molar-refractivity contribution in [3.63, 3.8) is 0 Å². The van der Waals surface area contributed by atoms with Gasteiger partial charge in [0.05, 0.1) is 0 Å². The Morgan fingerprint density at radius 2 is 2.43 bits per heavy atom. The molecular weight excluding hydrogens is 176 g/mol. The molecule has 0 spiro atoms. The Bertz CT molecular complexity index is 278. The molecule has 0 unspecified atom stereocenters.